The number of piperidine rings is 1. The van der Waals surface area contributed by atoms with Gasteiger partial charge >= 0.3 is 0 Å². The summed E-state index contributed by atoms with van der Waals surface area (Å²) >= 11 is 11.8. The first kappa shape index (κ1) is 22.2. The third kappa shape index (κ3) is 5.09. The first-order valence-corrected chi connectivity index (χ1v) is 11.4. The van der Waals surface area contributed by atoms with Crippen LogP contribution in [0.25, 0.3) is 22.4 Å². The summed E-state index contributed by atoms with van der Waals surface area (Å²) in [6.45, 7) is 1.29. The van der Waals surface area contributed by atoms with Crippen LogP contribution in [0.5, 0.6) is 0 Å². The zero-order valence-corrected chi connectivity index (χ0v) is 18.5. The molecule has 4 rings (SSSR count). The van der Waals surface area contributed by atoms with E-state index < -0.39 is 12.0 Å². The first-order valence-electron chi connectivity index (χ1n) is 10.5. The highest BCUT2D eigenvalue weighted by Crippen LogP contribution is 2.28. The molecule has 1 fully saturated rings. The number of fused-ring (bicyclic) bond motifs is 1. The Morgan fingerprint density at radius 3 is 3.03 bits per heavy atom. The molecule has 3 N–H and O–H groups in total. The van der Waals surface area contributed by atoms with Crippen molar-refractivity contribution in [3.05, 3.63) is 35.5 Å². The number of halogens is 3. The quantitative estimate of drug-likeness (QED) is 0.425. The van der Waals surface area contributed by atoms with Crippen molar-refractivity contribution in [2.45, 2.75) is 44.4 Å². The second kappa shape index (κ2) is 10.1. The van der Waals surface area contributed by atoms with Crippen molar-refractivity contribution in [1.82, 2.24) is 24.8 Å². The summed E-state index contributed by atoms with van der Waals surface area (Å²) in [7, 11) is 0. The topological polar surface area (TPSA) is 90.0 Å². The van der Waals surface area contributed by atoms with Crippen LogP contribution in [0.15, 0.2) is 24.7 Å². The molecule has 0 aliphatic carbocycles. The summed E-state index contributed by atoms with van der Waals surface area (Å²) in [6, 6.07) is 1.87. The Morgan fingerprint density at radius 2 is 2.19 bits per heavy atom. The maximum atomic E-state index is 14.5. The molecule has 3 aromatic rings. The average Bonchev–Trinajstić information content (AvgIpc) is 3.20. The van der Waals surface area contributed by atoms with Gasteiger partial charge in [-0.3, -0.25) is 4.90 Å². The lowest BCUT2D eigenvalue weighted by Crippen LogP contribution is -2.49. The number of aliphatic hydroxyl groups is 1. The van der Waals surface area contributed by atoms with Gasteiger partial charge in [-0.05, 0) is 31.7 Å². The minimum absolute atomic E-state index is 0.0907. The molecule has 1 saturated heterocycles. The van der Waals surface area contributed by atoms with Crippen molar-refractivity contribution in [2.24, 2.45) is 0 Å². The van der Waals surface area contributed by atoms with E-state index in [2.05, 4.69) is 30.2 Å². The van der Waals surface area contributed by atoms with Gasteiger partial charge in [-0.2, -0.15) is 0 Å². The first-order chi connectivity index (χ1) is 15.1. The number of hydrogen-bond donors (Lipinski definition) is 3. The maximum absolute atomic E-state index is 14.5. The van der Waals surface area contributed by atoms with Gasteiger partial charge in [0.1, 0.15) is 11.9 Å². The summed E-state index contributed by atoms with van der Waals surface area (Å²) in [5.41, 5.74) is 1.36. The molecule has 0 amide bonds. The molecule has 0 bridgehead atoms. The van der Waals surface area contributed by atoms with Crippen molar-refractivity contribution in [2.75, 3.05) is 24.3 Å². The molecule has 0 aromatic carbocycles. The average molecular weight is 467 g/mol. The summed E-state index contributed by atoms with van der Waals surface area (Å²) in [5.74, 6) is 0.513. The van der Waals surface area contributed by atoms with Crippen LogP contribution in [-0.2, 0) is 0 Å². The molecule has 0 spiro atoms. The van der Waals surface area contributed by atoms with Gasteiger partial charge < -0.3 is 15.4 Å². The number of alkyl halides is 1. The predicted molar refractivity (Wildman–Crippen MR) is 121 cm³/mol. The van der Waals surface area contributed by atoms with Gasteiger partial charge in [-0.1, -0.05) is 18.0 Å². The SMILES string of the molecule is OC(CCCCl)N1CCCC[C@@H]1CNc1nc(-c2c[nH]c3ncc(Cl)cc23)ncc1F. The molecule has 4 heterocycles. The summed E-state index contributed by atoms with van der Waals surface area (Å²) in [4.78, 5) is 17.9. The molecule has 0 radical (unpaired) electrons. The number of hydrogen-bond acceptors (Lipinski definition) is 6. The van der Waals surface area contributed by atoms with Gasteiger partial charge in [0.05, 0.1) is 11.2 Å². The van der Waals surface area contributed by atoms with Gasteiger partial charge in [0.25, 0.3) is 0 Å². The molecule has 3 aromatic heterocycles. The van der Waals surface area contributed by atoms with E-state index in [0.717, 1.165) is 43.8 Å². The fourth-order valence-electron chi connectivity index (χ4n) is 4.06. The normalized spacial score (nSPS) is 18.4. The highest BCUT2D eigenvalue weighted by molar-refractivity contribution is 6.31. The van der Waals surface area contributed by atoms with Gasteiger partial charge in [0.15, 0.2) is 17.5 Å². The van der Waals surface area contributed by atoms with E-state index in [1.165, 1.54) is 0 Å². The molecular formula is C21H25Cl2FN6O. The van der Waals surface area contributed by atoms with Crippen molar-refractivity contribution >= 4 is 40.1 Å². The fraction of sp³-hybridized carbons (Fsp3) is 0.476. The minimum atomic E-state index is -0.542. The second-order valence-electron chi connectivity index (χ2n) is 7.72. The van der Waals surface area contributed by atoms with Crippen LogP contribution >= 0.6 is 23.2 Å². The van der Waals surface area contributed by atoms with E-state index in [1.807, 2.05) is 0 Å². The largest absolute Gasteiger partial charge is 0.378 e. The molecule has 1 aliphatic heterocycles. The van der Waals surface area contributed by atoms with E-state index in [4.69, 9.17) is 23.2 Å². The number of aromatic amines is 1. The number of H-pyrrole nitrogens is 1. The Morgan fingerprint density at radius 1 is 1.32 bits per heavy atom. The van der Waals surface area contributed by atoms with Gasteiger partial charge in [-0.15, -0.1) is 11.6 Å². The number of anilines is 1. The number of pyridine rings is 1. The van der Waals surface area contributed by atoms with Crippen LogP contribution in [0.1, 0.15) is 32.1 Å². The van der Waals surface area contributed by atoms with Crippen LogP contribution < -0.4 is 5.32 Å². The van der Waals surface area contributed by atoms with E-state index >= 15 is 0 Å². The molecule has 7 nitrogen and oxygen atoms in total. The molecule has 0 saturated carbocycles. The summed E-state index contributed by atoms with van der Waals surface area (Å²) in [6.07, 6.45) is 8.34. The standard InChI is InChI=1S/C21H25Cl2FN6O/c22-6-3-5-18(31)30-7-2-1-4-14(30)10-26-21-17(24)12-28-20(29-21)16-11-27-19-15(16)8-13(23)9-25-19/h8-9,11-12,14,18,31H,1-7,10H2,(H,25,27)(H,26,28,29)/t14-,18?/m1/s1. The summed E-state index contributed by atoms with van der Waals surface area (Å²) in [5, 5.41) is 14.9. The van der Waals surface area contributed by atoms with Gasteiger partial charge in [-0.25, -0.2) is 19.3 Å². The fourth-order valence-corrected chi connectivity index (χ4v) is 4.37. The zero-order chi connectivity index (χ0) is 21.8. The molecule has 2 atom stereocenters. The number of likely N-dealkylation sites (tertiary alicyclic amines) is 1. The molecule has 166 valence electrons. The highest BCUT2D eigenvalue weighted by Gasteiger charge is 2.27. The number of aromatic nitrogens is 4. The molecule has 1 unspecified atom stereocenters. The molecule has 31 heavy (non-hydrogen) atoms. The second-order valence-corrected chi connectivity index (χ2v) is 8.54. The van der Waals surface area contributed by atoms with Crippen LogP contribution in [-0.4, -0.2) is 61.2 Å². The third-order valence-corrected chi connectivity index (χ3v) is 6.11. The molecule has 1 aliphatic rings. The van der Waals surface area contributed by atoms with Crippen LogP contribution in [0.2, 0.25) is 5.02 Å². The Hall–Kier alpha value is -2.00. The van der Waals surface area contributed by atoms with Crippen molar-refractivity contribution < 1.29 is 9.50 Å². The lowest BCUT2D eigenvalue weighted by atomic mass is 10.0. The van der Waals surface area contributed by atoms with Crippen LogP contribution in [0, 0.1) is 5.82 Å². The van der Waals surface area contributed by atoms with Gasteiger partial charge in [0, 0.05) is 48.4 Å². The number of aliphatic hydroxyl groups excluding tert-OH is 1. The van der Waals surface area contributed by atoms with Gasteiger partial charge in [0.2, 0.25) is 0 Å². The minimum Gasteiger partial charge on any atom is -0.378 e. The lowest BCUT2D eigenvalue weighted by molar-refractivity contribution is -0.0417. The number of nitrogens with one attached hydrogen (secondary N) is 2. The smallest absolute Gasteiger partial charge is 0.183 e. The van der Waals surface area contributed by atoms with E-state index in [-0.39, 0.29) is 11.9 Å². The number of nitrogens with zero attached hydrogens (tertiary/aromatic N) is 4. The zero-order valence-electron chi connectivity index (χ0n) is 17.0. The molecular weight excluding hydrogens is 442 g/mol. The Kier molecular flexibility index (Phi) is 7.22. The Bertz CT molecular complexity index is 1030. The van der Waals surface area contributed by atoms with Crippen LogP contribution in [0.3, 0.4) is 0 Å². The maximum Gasteiger partial charge on any atom is 0.183 e. The monoisotopic (exact) mass is 466 g/mol. The third-order valence-electron chi connectivity index (χ3n) is 5.64. The Balaban J connectivity index is 1.51. The van der Waals surface area contributed by atoms with E-state index in [0.29, 0.717) is 40.9 Å². The van der Waals surface area contributed by atoms with Crippen molar-refractivity contribution in [3.8, 4) is 11.4 Å². The number of rotatable bonds is 8. The Labute approximate surface area is 190 Å². The van der Waals surface area contributed by atoms with Crippen LogP contribution in [0.4, 0.5) is 10.2 Å². The molecule has 10 heteroatoms. The predicted octanol–water partition coefficient (Wildman–Crippen LogP) is 4.42. The lowest BCUT2D eigenvalue weighted by Gasteiger charge is -2.39. The summed E-state index contributed by atoms with van der Waals surface area (Å²) < 4.78 is 14.5. The van der Waals surface area contributed by atoms with E-state index in [1.54, 1.807) is 18.5 Å². The van der Waals surface area contributed by atoms with Crippen molar-refractivity contribution in [1.29, 1.82) is 0 Å². The highest BCUT2D eigenvalue weighted by atomic mass is 35.5. The van der Waals surface area contributed by atoms with Crippen molar-refractivity contribution in [3.63, 3.8) is 0 Å². The van der Waals surface area contributed by atoms with E-state index in [9.17, 15) is 9.50 Å².